The first-order valence-electron chi connectivity index (χ1n) is 8.84. The Bertz CT molecular complexity index is 551. The SMILES string of the molecule is COCCC(=O)N1CCN(C(=O)CCCOc2ccc(C)cc2)CC1. The fourth-order valence-corrected chi connectivity index (χ4v) is 2.76. The van der Waals surface area contributed by atoms with Crippen LogP contribution in [0.5, 0.6) is 5.75 Å². The van der Waals surface area contributed by atoms with Crippen LogP contribution in [-0.4, -0.2) is 68.1 Å². The Morgan fingerprint density at radius 2 is 1.48 bits per heavy atom. The Kier molecular flexibility index (Phi) is 7.73. The van der Waals surface area contributed by atoms with Crippen molar-refractivity contribution in [2.75, 3.05) is 46.5 Å². The molecule has 0 N–H and O–H groups in total. The lowest BCUT2D eigenvalue weighted by atomic mass is 10.2. The molecule has 0 unspecified atom stereocenters. The summed E-state index contributed by atoms with van der Waals surface area (Å²) in [6, 6.07) is 7.90. The van der Waals surface area contributed by atoms with Gasteiger partial charge in [-0.05, 0) is 25.5 Å². The maximum absolute atomic E-state index is 12.2. The van der Waals surface area contributed by atoms with E-state index in [0.29, 0.717) is 58.7 Å². The minimum absolute atomic E-state index is 0.0976. The Balaban J connectivity index is 1.62. The quantitative estimate of drug-likeness (QED) is 0.673. The number of ether oxygens (including phenoxy) is 2. The molecule has 1 fully saturated rings. The molecule has 1 aliphatic heterocycles. The lowest BCUT2D eigenvalue weighted by molar-refractivity contribution is -0.140. The van der Waals surface area contributed by atoms with Crippen LogP contribution in [0.3, 0.4) is 0 Å². The molecule has 1 aliphatic rings. The van der Waals surface area contributed by atoms with Crippen LogP contribution in [0.25, 0.3) is 0 Å². The molecule has 6 heteroatoms. The second kappa shape index (κ2) is 10.0. The number of hydrogen-bond donors (Lipinski definition) is 0. The normalized spacial score (nSPS) is 14.5. The van der Waals surface area contributed by atoms with E-state index < -0.39 is 0 Å². The molecule has 0 bridgehead atoms. The number of carbonyl (C=O) groups excluding carboxylic acids is 2. The molecule has 138 valence electrons. The van der Waals surface area contributed by atoms with Gasteiger partial charge in [0.25, 0.3) is 0 Å². The van der Waals surface area contributed by atoms with Gasteiger partial charge in [-0.3, -0.25) is 9.59 Å². The molecule has 1 aromatic carbocycles. The molecule has 0 aliphatic carbocycles. The molecule has 1 saturated heterocycles. The van der Waals surface area contributed by atoms with Crippen molar-refractivity contribution < 1.29 is 19.1 Å². The van der Waals surface area contributed by atoms with Crippen LogP contribution in [0.4, 0.5) is 0 Å². The first kappa shape index (κ1) is 19.2. The first-order chi connectivity index (χ1) is 12.1. The third-order valence-electron chi connectivity index (χ3n) is 4.33. The molecule has 2 amide bonds. The average molecular weight is 348 g/mol. The van der Waals surface area contributed by atoms with Gasteiger partial charge in [0.2, 0.25) is 11.8 Å². The van der Waals surface area contributed by atoms with Crippen molar-refractivity contribution in [3.63, 3.8) is 0 Å². The predicted octanol–water partition coefficient (Wildman–Crippen LogP) is 1.86. The monoisotopic (exact) mass is 348 g/mol. The van der Waals surface area contributed by atoms with E-state index in [1.807, 2.05) is 41.0 Å². The number of nitrogens with zero attached hydrogens (tertiary/aromatic N) is 2. The maximum Gasteiger partial charge on any atom is 0.225 e. The molecule has 0 spiro atoms. The van der Waals surface area contributed by atoms with Gasteiger partial charge >= 0.3 is 0 Å². The van der Waals surface area contributed by atoms with Crippen molar-refractivity contribution in [3.8, 4) is 5.75 Å². The summed E-state index contributed by atoms with van der Waals surface area (Å²) < 4.78 is 10.6. The maximum atomic E-state index is 12.2. The fraction of sp³-hybridized carbons (Fsp3) is 0.579. The van der Waals surface area contributed by atoms with Crippen molar-refractivity contribution in [1.29, 1.82) is 0 Å². The highest BCUT2D eigenvalue weighted by Crippen LogP contribution is 2.12. The molecular weight excluding hydrogens is 320 g/mol. The van der Waals surface area contributed by atoms with Crippen molar-refractivity contribution in [2.24, 2.45) is 0 Å². The van der Waals surface area contributed by atoms with E-state index >= 15 is 0 Å². The van der Waals surface area contributed by atoms with Crippen LogP contribution in [0.1, 0.15) is 24.8 Å². The van der Waals surface area contributed by atoms with Crippen LogP contribution in [-0.2, 0) is 14.3 Å². The Morgan fingerprint density at radius 1 is 0.920 bits per heavy atom. The standard InChI is InChI=1S/C19H28N2O4/c1-16-5-7-17(8-6-16)25-14-3-4-18(22)20-10-12-21(13-11-20)19(23)9-15-24-2/h5-8H,3-4,9-15H2,1-2H3. The molecule has 0 saturated carbocycles. The second-order valence-corrected chi connectivity index (χ2v) is 6.27. The van der Waals surface area contributed by atoms with E-state index in [2.05, 4.69) is 0 Å². The topological polar surface area (TPSA) is 59.1 Å². The minimum atomic E-state index is 0.0976. The zero-order valence-corrected chi connectivity index (χ0v) is 15.2. The molecule has 0 aromatic heterocycles. The van der Waals surface area contributed by atoms with Crippen molar-refractivity contribution in [2.45, 2.75) is 26.2 Å². The van der Waals surface area contributed by atoms with E-state index in [-0.39, 0.29) is 11.8 Å². The van der Waals surface area contributed by atoms with E-state index in [4.69, 9.17) is 9.47 Å². The van der Waals surface area contributed by atoms with Crippen molar-refractivity contribution >= 4 is 11.8 Å². The number of benzene rings is 1. The third-order valence-corrected chi connectivity index (χ3v) is 4.33. The zero-order valence-electron chi connectivity index (χ0n) is 15.2. The fourth-order valence-electron chi connectivity index (χ4n) is 2.76. The van der Waals surface area contributed by atoms with Crippen LogP contribution in [0.15, 0.2) is 24.3 Å². The Labute approximate surface area is 149 Å². The molecule has 1 heterocycles. The number of piperazine rings is 1. The number of rotatable bonds is 8. The molecule has 25 heavy (non-hydrogen) atoms. The summed E-state index contributed by atoms with van der Waals surface area (Å²) in [7, 11) is 1.59. The van der Waals surface area contributed by atoms with E-state index in [1.54, 1.807) is 7.11 Å². The molecule has 0 atom stereocenters. The molecule has 6 nitrogen and oxygen atoms in total. The molecule has 0 radical (unpaired) electrons. The second-order valence-electron chi connectivity index (χ2n) is 6.27. The van der Waals surface area contributed by atoms with Crippen molar-refractivity contribution in [1.82, 2.24) is 9.80 Å². The van der Waals surface area contributed by atoms with Gasteiger partial charge in [-0.2, -0.15) is 0 Å². The van der Waals surface area contributed by atoms with Gasteiger partial charge in [0.05, 0.1) is 19.6 Å². The van der Waals surface area contributed by atoms with E-state index in [0.717, 1.165) is 5.75 Å². The molecule has 2 rings (SSSR count). The number of amides is 2. The van der Waals surface area contributed by atoms with Gasteiger partial charge in [0, 0.05) is 39.7 Å². The number of methoxy groups -OCH3 is 1. The van der Waals surface area contributed by atoms with E-state index in [1.165, 1.54) is 5.56 Å². The summed E-state index contributed by atoms with van der Waals surface area (Å²) in [6.07, 6.45) is 1.57. The number of carbonyl (C=O) groups is 2. The molecule has 1 aromatic rings. The van der Waals surface area contributed by atoms with Crippen LogP contribution in [0.2, 0.25) is 0 Å². The lowest BCUT2D eigenvalue weighted by Crippen LogP contribution is -2.50. The average Bonchev–Trinajstić information content (AvgIpc) is 2.64. The first-order valence-corrected chi connectivity index (χ1v) is 8.84. The highest BCUT2D eigenvalue weighted by molar-refractivity contribution is 5.78. The lowest BCUT2D eigenvalue weighted by Gasteiger charge is -2.35. The van der Waals surface area contributed by atoms with Gasteiger partial charge in [-0.1, -0.05) is 17.7 Å². The van der Waals surface area contributed by atoms with E-state index in [9.17, 15) is 9.59 Å². The van der Waals surface area contributed by atoms with Gasteiger partial charge in [0.15, 0.2) is 0 Å². The summed E-state index contributed by atoms with van der Waals surface area (Å²) in [4.78, 5) is 27.8. The third kappa shape index (κ3) is 6.38. The highest BCUT2D eigenvalue weighted by atomic mass is 16.5. The highest BCUT2D eigenvalue weighted by Gasteiger charge is 2.23. The zero-order chi connectivity index (χ0) is 18.1. The predicted molar refractivity (Wildman–Crippen MR) is 95.6 cm³/mol. The minimum Gasteiger partial charge on any atom is -0.494 e. The smallest absolute Gasteiger partial charge is 0.225 e. The number of hydrogen-bond acceptors (Lipinski definition) is 4. The molecular formula is C19H28N2O4. The van der Waals surface area contributed by atoms with Gasteiger partial charge in [0.1, 0.15) is 5.75 Å². The summed E-state index contributed by atoms with van der Waals surface area (Å²) in [5.41, 5.74) is 1.20. The largest absolute Gasteiger partial charge is 0.494 e. The Morgan fingerprint density at radius 3 is 2.04 bits per heavy atom. The summed E-state index contributed by atoms with van der Waals surface area (Å²) in [6.45, 7) is 5.44. The van der Waals surface area contributed by atoms with Crippen molar-refractivity contribution in [3.05, 3.63) is 29.8 Å². The van der Waals surface area contributed by atoms with Gasteiger partial charge < -0.3 is 19.3 Å². The van der Waals surface area contributed by atoms with Gasteiger partial charge in [-0.25, -0.2) is 0 Å². The Hall–Kier alpha value is -2.08. The summed E-state index contributed by atoms with van der Waals surface area (Å²) in [5.74, 6) is 1.07. The summed E-state index contributed by atoms with van der Waals surface area (Å²) >= 11 is 0. The van der Waals surface area contributed by atoms with Crippen LogP contribution in [0, 0.1) is 6.92 Å². The van der Waals surface area contributed by atoms with Crippen LogP contribution < -0.4 is 4.74 Å². The summed E-state index contributed by atoms with van der Waals surface area (Å²) in [5, 5.41) is 0. The number of aryl methyl sites for hydroxylation is 1. The van der Waals surface area contributed by atoms with Crippen LogP contribution >= 0.6 is 0 Å². The van der Waals surface area contributed by atoms with Gasteiger partial charge in [-0.15, -0.1) is 0 Å².